The van der Waals surface area contributed by atoms with Gasteiger partial charge in [-0.05, 0) is 24.3 Å². The molecule has 1 N–H and O–H groups in total. The van der Waals surface area contributed by atoms with E-state index in [9.17, 15) is 9.59 Å². The number of amides is 3. The lowest BCUT2D eigenvalue weighted by Gasteiger charge is -2.40. The first kappa shape index (κ1) is 13.2. The topological polar surface area (TPSA) is 49.4 Å². The molecule has 3 rings (SSSR count). The fraction of sp³-hybridized carbons (Fsp3) is 0.500. The minimum atomic E-state index is -0.620. The molecule has 1 aliphatic carbocycles. The summed E-state index contributed by atoms with van der Waals surface area (Å²) in [4.78, 5) is 26.2. The van der Waals surface area contributed by atoms with Crippen molar-refractivity contribution in [3.8, 4) is 0 Å². The summed E-state index contributed by atoms with van der Waals surface area (Å²) in [7, 11) is 0. The Labute approximate surface area is 119 Å². The Morgan fingerprint density at radius 1 is 1.30 bits per heavy atom. The highest BCUT2D eigenvalue weighted by atomic mass is 16.2. The van der Waals surface area contributed by atoms with E-state index in [0.717, 1.165) is 31.2 Å². The van der Waals surface area contributed by atoms with Gasteiger partial charge in [0.05, 0.1) is 0 Å². The average molecular weight is 272 g/mol. The molecule has 0 bridgehead atoms. The normalized spacial score (nSPS) is 29.9. The van der Waals surface area contributed by atoms with E-state index in [4.69, 9.17) is 0 Å². The van der Waals surface area contributed by atoms with Crippen LogP contribution in [-0.2, 0) is 11.3 Å². The van der Waals surface area contributed by atoms with Crippen LogP contribution < -0.4 is 5.32 Å². The summed E-state index contributed by atoms with van der Waals surface area (Å²) in [6.45, 7) is 2.67. The molecule has 2 aliphatic rings. The van der Waals surface area contributed by atoms with Crippen molar-refractivity contribution in [1.82, 2.24) is 10.2 Å². The summed E-state index contributed by atoms with van der Waals surface area (Å²) in [6.07, 6.45) is 3.70. The van der Waals surface area contributed by atoms with Gasteiger partial charge in [0, 0.05) is 6.54 Å². The van der Waals surface area contributed by atoms with Crippen LogP contribution >= 0.6 is 0 Å². The Hall–Kier alpha value is -1.84. The number of nitrogens with zero attached hydrogens (tertiary/aromatic N) is 1. The molecule has 0 radical (unpaired) electrons. The van der Waals surface area contributed by atoms with Crippen LogP contribution in [0.15, 0.2) is 30.3 Å². The molecule has 2 unspecified atom stereocenters. The molecule has 1 aliphatic heterocycles. The van der Waals surface area contributed by atoms with E-state index in [0.29, 0.717) is 12.5 Å². The molecule has 1 spiro atoms. The number of rotatable bonds is 2. The fourth-order valence-corrected chi connectivity index (χ4v) is 3.56. The number of carbonyl (C=O) groups is 2. The number of imide groups is 1. The van der Waals surface area contributed by atoms with Crippen LogP contribution in [0.5, 0.6) is 0 Å². The molecule has 2 atom stereocenters. The van der Waals surface area contributed by atoms with E-state index in [-0.39, 0.29) is 11.9 Å². The number of hydrogen-bond acceptors (Lipinski definition) is 2. The highest BCUT2D eigenvalue weighted by Gasteiger charge is 2.53. The zero-order valence-corrected chi connectivity index (χ0v) is 11.8. The quantitative estimate of drug-likeness (QED) is 0.841. The minimum absolute atomic E-state index is 0.106. The fourth-order valence-electron chi connectivity index (χ4n) is 3.56. The third-order valence-electron chi connectivity index (χ3n) is 4.56. The summed E-state index contributed by atoms with van der Waals surface area (Å²) in [5, 5.41) is 2.52. The summed E-state index contributed by atoms with van der Waals surface area (Å²) < 4.78 is 0. The molecular formula is C16H20N2O2. The molecule has 3 amide bonds. The highest BCUT2D eigenvalue weighted by molar-refractivity contribution is 6.07. The molecule has 1 saturated carbocycles. The Balaban J connectivity index is 1.90. The Bertz CT molecular complexity index is 529. The zero-order chi connectivity index (χ0) is 14.2. The van der Waals surface area contributed by atoms with Crippen molar-refractivity contribution in [3.05, 3.63) is 35.9 Å². The van der Waals surface area contributed by atoms with Gasteiger partial charge in [0.1, 0.15) is 5.54 Å². The SMILES string of the molecule is CC1CCCC2(C1)C(=O)NC(=O)N2Cc1ccccc1. The molecular weight excluding hydrogens is 252 g/mol. The van der Waals surface area contributed by atoms with Crippen molar-refractivity contribution >= 4 is 11.9 Å². The van der Waals surface area contributed by atoms with Gasteiger partial charge in [0.2, 0.25) is 0 Å². The van der Waals surface area contributed by atoms with Gasteiger partial charge in [0.15, 0.2) is 0 Å². The molecule has 4 heteroatoms. The molecule has 1 saturated heterocycles. The minimum Gasteiger partial charge on any atom is -0.305 e. The lowest BCUT2D eigenvalue weighted by atomic mass is 9.75. The average Bonchev–Trinajstić information content (AvgIpc) is 2.64. The third kappa shape index (κ3) is 2.09. The van der Waals surface area contributed by atoms with Crippen molar-refractivity contribution in [2.45, 2.75) is 44.7 Å². The number of urea groups is 1. The first-order valence-corrected chi connectivity index (χ1v) is 7.29. The van der Waals surface area contributed by atoms with Gasteiger partial charge in [0.25, 0.3) is 5.91 Å². The second kappa shape index (κ2) is 4.93. The van der Waals surface area contributed by atoms with Crippen LogP contribution in [0.4, 0.5) is 4.79 Å². The molecule has 4 nitrogen and oxygen atoms in total. The van der Waals surface area contributed by atoms with E-state index in [1.807, 2.05) is 30.3 Å². The molecule has 1 aromatic carbocycles. The second-order valence-electron chi connectivity index (χ2n) is 6.06. The largest absolute Gasteiger partial charge is 0.325 e. The number of benzene rings is 1. The predicted molar refractivity (Wildman–Crippen MR) is 75.9 cm³/mol. The first-order valence-electron chi connectivity index (χ1n) is 7.29. The van der Waals surface area contributed by atoms with Gasteiger partial charge < -0.3 is 4.90 Å². The van der Waals surface area contributed by atoms with Crippen LogP contribution in [-0.4, -0.2) is 22.4 Å². The summed E-state index contributed by atoms with van der Waals surface area (Å²) in [6, 6.07) is 9.62. The van der Waals surface area contributed by atoms with E-state index >= 15 is 0 Å². The number of nitrogens with one attached hydrogen (secondary N) is 1. The zero-order valence-electron chi connectivity index (χ0n) is 11.8. The second-order valence-corrected chi connectivity index (χ2v) is 6.06. The maximum atomic E-state index is 12.3. The molecule has 0 aromatic heterocycles. The van der Waals surface area contributed by atoms with Gasteiger partial charge in [-0.25, -0.2) is 4.79 Å². The van der Waals surface area contributed by atoms with Gasteiger partial charge >= 0.3 is 6.03 Å². The van der Waals surface area contributed by atoms with Crippen molar-refractivity contribution in [2.24, 2.45) is 5.92 Å². The molecule has 2 fully saturated rings. The van der Waals surface area contributed by atoms with Crippen molar-refractivity contribution < 1.29 is 9.59 Å². The standard InChI is InChI=1S/C16H20N2O2/c1-12-6-5-9-16(10-12)14(19)17-15(20)18(16)11-13-7-3-2-4-8-13/h2-4,7-8,12H,5-6,9-11H2,1H3,(H,17,19,20). The van der Waals surface area contributed by atoms with Gasteiger partial charge in [-0.15, -0.1) is 0 Å². The van der Waals surface area contributed by atoms with Crippen LogP contribution in [0.3, 0.4) is 0 Å². The van der Waals surface area contributed by atoms with Gasteiger partial charge in [-0.3, -0.25) is 10.1 Å². The summed E-state index contributed by atoms with van der Waals surface area (Å²) >= 11 is 0. The maximum Gasteiger partial charge on any atom is 0.325 e. The molecule has 20 heavy (non-hydrogen) atoms. The predicted octanol–water partition coefficient (Wildman–Crippen LogP) is 2.69. The lowest BCUT2D eigenvalue weighted by molar-refractivity contribution is -0.129. The monoisotopic (exact) mass is 272 g/mol. The van der Waals surface area contributed by atoms with E-state index in [2.05, 4.69) is 12.2 Å². The van der Waals surface area contributed by atoms with E-state index in [1.165, 1.54) is 0 Å². The first-order chi connectivity index (χ1) is 9.62. The number of hydrogen-bond donors (Lipinski definition) is 1. The van der Waals surface area contributed by atoms with Crippen LogP contribution in [0.25, 0.3) is 0 Å². The maximum absolute atomic E-state index is 12.3. The number of carbonyl (C=O) groups excluding carboxylic acids is 2. The Morgan fingerprint density at radius 3 is 2.75 bits per heavy atom. The van der Waals surface area contributed by atoms with E-state index in [1.54, 1.807) is 4.90 Å². The summed E-state index contributed by atoms with van der Waals surface area (Å²) in [5.41, 5.74) is 0.444. The molecule has 1 heterocycles. The van der Waals surface area contributed by atoms with Gasteiger partial charge in [-0.2, -0.15) is 0 Å². The Morgan fingerprint density at radius 2 is 2.05 bits per heavy atom. The van der Waals surface area contributed by atoms with Crippen LogP contribution in [0.1, 0.15) is 38.2 Å². The van der Waals surface area contributed by atoms with E-state index < -0.39 is 5.54 Å². The van der Waals surface area contributed by atoms with Crippen molar-refractivity contribution in [3.63, 3.8) is 0 Å². The third-order valence-corrected chi connectivity index (χ3v) is 4.56. The van der Waals surface area contributed by atoms with Crippen molar-refractivity contribution in [2.75, 3.05) is 0 Å². The summed E-state index contributed by atoms with van der Waals surface area (Å²) in [5.74, 6) is 0.378. The van der Waals surface area contributed by atoms with Gasteiger partial charge in [-0.1, -0.05) is 50.1 Å². The lowest BCUT2D eigenvalue weighted by Crippen LogP contribution is -2.52. The van der Waals surface area contributed by atoms with Crippen molar-refractivity contribution in [1.29, 1.82) is 0 Å². The van der Waals surface area contributed by atoms with Crippen LogP contribution in [0.2, 0.25) is 0 Å². The highest BCUT2D eigenvalue weighted by Crippen LogP contribution is 2.40. The smallest absolute Gasteiger partial charge is 0.305 e. The molecule has 106 valence electrons. The Kier molecular flexibility index (Phi) is 3.24. The van der Waals surface area contributed by atoms with Crippen LogP contribution in [0, 0.1) is 5.92 Å². The molecule has 1 aromatic rings.